The number of primary amides is 2. The topological polar surface area (TPSA) is 105 Å². The van der Waals surface area contributed by atoms with Gasteiger partial charge in [-0.2, -0.15) is 0 Å². The predicted octanol–water partition coefficient (Wildman–Crippen LogP) is 1.19. The molecule has 1 atom stereocenters. The Morgan fingerprint density at radius 1 is 0.905 bits per heavy atom. The molecule has 0 radical (unpaired) electrons. The van der Waals surface area contributed by atoms with Gasteiger partial charge in [-0.1, -0.05) is 12.8 Å². The first kappa shape index (κ1) is 20.1. The molecule has 0 aromatic carbocycles. The van der Waals surface area contributed by atoms with Crippen LogP contribution in [0.5, 0.6) is 0 Å². The van der Waals surface area contributed by atoms with Crippen molar-refractivity contribution in [3.05, 3.63) is 0 Å². The van der Waals surface area contributed by atoms with Crippen LogP contribution in [0.4, 0.5) is 0 Å². The first-order valence-electron chi connectivity index (χ1n) is 7.37. The van der Waals surface area contributed by atoms with Crippen molar-refractivity contribution in [1.29, 1.82) is 0 Å². The summed E-state index contributed by atoms with van der Waals surface area (Å²) in [4.78, 5) is 21.8. The average Bonchev–Trinajstić information content (AvgIpc) is 2.42. The first-order valence-corrected chi connectivity index (χ1v) is 7.90. The first-order chi connectivity index (χ1) is 10.1. The zero-order valence-corrected chi connectivity index (χ0v) is 13.3. The summed E-state index contributed by atoms with van der Waals surface area (Å²) in [6.45, 7) is 2.06. The van der Waals surface area contributed by atoms with Gasteiger partial charge in [0.05, 0.1) is 13.2 Å². The van der Waals surface area contributed by atoms with E-state index in [0.717, 1.165) is 38.2 Å². The maximum Gasteiger partial charge on any atom is 0.221 e. The maximum atomic E-state index is 11.1. The molecule has 0 bridgehead atoms. The molecule has 0 aliphatic rings. The van der Waals surface area contributed by atoms with Gasteiger partial charge in [0.2, 0.25) is 11.8 Å². The lowest BCUT2D eigenvalue weighted by atomic mass is 10.0. The molecule has 0 saturated heterocycles. The molecule has 0 saturated carbocycles. The molecular formula is C14H27ClN2O4. The van der Waals surface area contributed by atoms with Crippen molar-refractivity contribution in [3.8, 4) is 0 Å². The number of rotatable bonds is 15. The van der Waals surface area contributed by atoms with Crippen LogP contribution in [-0.4, -0.2) is 44.1 Å². The zero-order chi connectivity index (χ0) is 15.9. The van der Waals surface area contributed by atoms with E-state index in [4.69, 9.17) is 32.5 Å². The lowest BCUT2D eigenvalue weighted by Gasteiger charge is -2.11. The molecule has 0 aliphatic heterocycles. The zero-order valence-electron chi connectivity index (χ0n) is 12.5. The number of hydrogen-bond acceptors (Lipinski definition) is 4. The molecule has 0 spiro atoms. The summed E-state index contributed by atoms with van der Waals surface area (Å²) in [5, 5.41) is 0. The van der Waals surface area contributed by atoms with E-state index in [2.05, 4.69) is 0 Å². The second-order valence-corrected chi connectivity index (χ2v) is 5.26. The van der Waals surface area contributed by atoms with Gasteiger partial charge in [0.1, 0.15) is 0 Å². The number of amides is 2. The van der Waals surface area contributed by atoms with Crippen molar-refractivity contribution in [2.45, 2.75) is 38.5 Å². The fourth-order valence-corrected chi connectivity index (χ4v) is 1.98. The van der Waals surface area contributed by atoms with Crippen LogP contribution in [0.15, 0.2) is 0 Å². The summed E-state index contributed by atoms with van der Waals surface area (Å²) in [5.41, 5.74) is 10.2. The van der Waals surface area contributed by atoms with E-state index in [0.29, 0.717) is 26.2 Å². The normalized spacial score (nSPS) is 12.2. The molecule has 0 aliphatic carbocycles. The largest absolute Gasteiger partial charge is 0.379 e. The monoisotopic (exact) mass is 322 g/mol. The fourth-order valence-electron chi connectivity index (χ4n) is 1.79. The third-order valence-electron chi connectivity index (χ3n) is 3.00. The van der Waals surface area contributed by atoms with Crippen LogP contribution in [0.3, 0.4) is 0 Å². The van der Waals surface area contributed by atoms with Gasteiger partial charge in [0.25, 0.3) is 0 Å². The van der Waals surface area contributed by atoms with Crippen molar-refractivity contribution in [2.24, 2.45) is 17.4 Å². The molecule has 0 aromatic heterocycles. The molecule has 124 valence electrons. The van der Waals surface area contributed by atoms with Gasteiger partial charge in [0.15, 0.2) is 0 Å². The summed E-state index contributed by atoms with van der Waals surface area (Å²) in [5.74, 6) is -0.885. The highest BCUT2D eigenvalue weighted by Crippen LogP contribution is 2.07. The number of halogens is 1. The lowest BCUT2D eigenvalue weighted by molar-refractivity contribution is -0.127. The average molecular weight is 323 g/mol. The summed E-state index contributed by atoms with van der Waals surface area (Å²) in [7, 11) is 0. The van der Waals surface area contributed by atoms with E-state index in [9.17, 15) is 9.59 Å². The van der Waals surface area contributed by atoms with Gasteiger partial charge in [-0.3, -0.25) is 9.59 Å². The van der Waals surface area contributed by atoms with Crippen LogP contribution in [0, 0.1) is 5.92 Å². The Hall–Kier alpha value is -0.850. The van der Waals surface area contributed by atoms with Crippen LogP contribution < -0.4 is 11.5 Å². The van der Waals surface area contributed by atoms with Crippen molar-refractivity contribution in [1.82, 2.24) is 0 Å². The summed E-state index contributed by atoms with van der Waals surface area (Å²) < 4.78 is 10.7. The van der Waals surface area contributed by atoms with E-state index in [1.165, 1.54) is 0 Å². The highest BCUT2D eigenvalue weighted by atomic mass is 35.5. The SMILES string of the molecule is NC(=O)CC(CCOCCOCCCCCCCl)C(N)=O. The van der Waals surface area contributed by atoms with Gasteiger partial charge in [-0.25, -0.2) is 0 Å². The number of ether oxygens (including phenoxy) is 2. The Balaban J connectivity index is 3.38. The van der Waals surface area contributed by atoms with Crippen molar-refractivity contribution in [2.75, 3.05) is 32.3 Å². The quantitative estimate of drug-likeness (QED) is 0.349. The standard InChI is InChI=1S/C14H27ClN2O4/c15-6-3-1-2-4-7-20-9-10-21-8-5-12(14(17)19)11-13(16)18/h12H,1-11H2,(H2,16,18)(H2,17,19). The van der Waals surface area contributed by atoms with E-state index in [-0.39, 0.29) is 6.42 Å². The summed E-state index contributed by atoms with van der Waals surface area (Å²) >= 11 is 5.58. The number of alkyl halides is 1. The molecule has 6 nitrogen and oxygen atoms in total. The third-order valence-corrected chi connectivity index (χ3v) is 3.27. The summed E-state index contributed by atoms with van der Waals surface area (Å²) in [6.07, 6.45) is 4.71. The van der Waals surface area contributed by atoms with Gasteiger partial charge >= 0.3 is 0 Å². The predicted molar refractivity (Wildman–Crippen MR) is 81.9 cm³/mol. The molecule has 0 aromatic rings. The smallest absolute Gasteiger partial charge is 0.221 e. The minimum Gasteiger partial charge on any atom is -0.379 e. The van der Waals surface area contributed by atoms with Crippen molar-refractivity contribution < 1.29 is 19.1 Å². The van der Waals surface area contributed by atoms with Crippen molar-refractivity contribution >= 4 is 23.4 Å². The minimum atomic E-state index is -0.551. The molecule has 21 heavy (non-hydrogen) atoms. The molecule has 0 fully saturated rings. The van der Waals surface area contributed by atoms with Crippen LogP contribution in [0.25, 0.3) is 0 Å². The Labute approximate surface area is 131 Å². The number of hydrogen-bond donors (Lipinski definition) is 2. The van der Waals surface area contributed by atoms with Gasteiger partial charge in [-0.15, -0.1) is 11.6 Å². The second kappa shape index (κ2) is 14.1. The second-order valence-electron chi connectivity index (χ2n) is 4.89. The van der Waals surface area contributed by atoms with Crippen LogP contribution in [0.2, 0.25) is 0 Å². The molecule has 2 amide bonds. The Morgan fingerprint density at radius 3 is 2.10 bits per heavy atom. The summed E-state index contributed by atoms with van der Waals surface area (Å²) in [6, 6.07) is 0. The van der Waals surface area contributed by atoms with E-state index in [1.54, 1.807) is 0 Å². The Kier molecular flexibility index (Phi) is 13.5. The molecule has 4 N–H and O–H groups in total. The number of carbonyl (C=O) groups is 2. The molecule has 0 heterocycles. The molecule has 0 rings (SSSR count). The Morgan fingerprint density at radius 2 is 1.52 bits per heavy atom. The minimum absolute atomic E-state index is 0.0303. The third kappa shape index (κ3) is 13.9. The van der Waals surface area contributed by atoms with Gasteiger partial charge in [0, 0.05) is 31.4 Å². The van der Waals surface area contributed by atoms with E-state index in [1.807, 2.05) is 0 Å². The highest BCUT2D eigenvalue weighted by molar-refractivity contribution is 6.17. The number of carbonyl (C=O) groups excluding carboxylic acids is 2. The van der Waals surface area contributed by atoms with Crippen LogP contribution in [-0.2, 0) is 19.1 Å². The van der Waals surface area contributed by atoms with Gasteiger partial charge < -0.3 is 20.9 Å². The molecular weight excluding hydrogens is 296 g/mol. The van der Waals surface area contributed by atoms with Crippen LogP contribution in [0.1, 0.15) is 38.5 Å². The van der Waals surface area contributed by atoms with E-state index < -0.39 is 17.7 Å². The fraction of sp³-hybridized carbons (Fsp3) is 0.857. The molecule has 1 unspecified atom stereocenters. The number of unbranched alkanes of at least 4 members (excludes halogenated alkanes) is 3. The van der Waals surface area contributed by atoms with Crippen LogP contribution >= 0.6 is 11.6 Å². The lowest BCUT2D eigenvalue weighted by Crippen LogP contribution is -2.29. The van der Waals surface area contributed by atoms with E-state index >= 15 is 0 Å². The molecule has 7 heteroatoms. The van der Waals surface area contributed by atoms with Crippen molar-refractivity contribution in [3.63, 3.8) is 0 Å². The highest BCUT2D eigenvalue weighted by Gasteiger charge is 2.17. The Bertz CT molecular complexity index is 290. The number of nitrogens with two attached hydrogens (primary N) is 2. The van der Waals surface area contributed by atoms with Gasteiger partial charge in [-0.05, 0) is 19.3 Å². The maximum absolute atomic E-state index is 11.1.